The summed E-state index contributed by atoms with van der Waals surface area (Å²) in [5.41, 5.74) is -0.399. The third kappa shape index (κ3) is 7.71. The average Bonchev–Trinajstić information content (AvgIpc) is 3.65. The van der Waals surface area contributed by atoms with E-state index < -0.39 is 59.9 Å². The zero-order valence-electron chi connectivity index (χ0n) is 20.1. The maximum Gasteiger partial charge on any atom is 0.326 e. The summed E-state index contributed by atoms with van der Waals surface area (Å²) in [7, 11) is 2.97. The Morgan fingerprint density at radius 1 is 1.08 bits per heavy atom. The summed E-state index contributed by atoms with van der Waals surface area (Å²) >= 11 is 0. The number of hydrogen-bond acceptors (Lipinski definition) is 9. The molecule has 4 amide bonds. The second-order valence-electron chi connectivity index (χ2n) is 9.06. The third-order valence-corrected chi connectivity index (χ3v) is 8.54. The van der Waals surface area contributed by atoms with E-state index in [0.29, 0.717) is 25.0 Å². The van der Waals surface area contributed by atoms with Gasteiger partial charge in [0.05, 0.1) is 6.42 Å². The summed E-state index contributed by atoms with van der Waals surface area (Å²) in [6.45, 7) is -0.391. The molecule has 11 nitrogen and oxygen atoms in total. The normalized spacial score (nSPS) is 28.1. The van der Waals surface area contributed by atoms with Crippen molar-refractivity contribution in [3.8, 4) is 0 Å². The number of pyridine rings is 1. The number of hydrogen-bond donors (Lipinski definition) is 4. The molecule has 3 atom stereocenters. The minimum absolute atomic E-state index is 0.147. The highest BCUT2D eigenvalue weighted by Gasteiger charge is 2.52. The summed E-state index contributed by atoms with van der Waals surface area (Å²) in [6.07, 6.45) is 7.25. The monoisotopic (exact) mass is 547 g/mol. The molecule has 4 rings (SSSR count). The SMILES string of the molecule is O=C1C[C@@H]2/C=C/CCSSC[C@H](NC(=O)[C@@H](Cc3cccnc3)N1)C(=O)NC1(CC1)C(=O)NCC(=O)O2. The van der Waals surface area contributed by atoms with E-state index in [9.17, 15) is 24.0 Å². The van der Waals surface area contributed by atoms with Gasteiger partial charge in [-0.2, -0.15) is 0 Å². The Balaban J connectivity index is 1.65. The zero-order valence-corrected chi connectivity index (χ0v) is 21.7. The van der Waals surface area contributed by atoms with Gasteiger partial charge in [0.15, 0.2) is 0 Å². The molecule has 0 aromatic carbocycles. The number of nitrogens with one attached hydrogen (secondary N) is 4. The standard InChI is InChI=1S/C24H29N5O6S2/c30-19-11-16-5-1-2-9-36-37-14-18(28-21(32)17(27-19)10-15-4-3-8-25-12-15)22(33)29-24(6-7-24)23(34)26-13-20(31)35-16/h1,3-5,8,12,16-18H,2,6-7,9-11,13-14H2,(H,26,34)(H,27,30)(H,28,32)(H,29,33)/b5-1+/t16-,17+,18-/m0/s1. The van der Waals surface area contributed by atoms with Crippen molar-refractivity contribution in [3.05, 3.63) is 42.2 Å². The van der Waals surface area contributed by atoms with E-state index in [-0.39, 0.29) is 18.6 Å². The molecule has 1 spiro atoms. The molecule has 13 heteroatoms. The molecule has 1 saturated heterocycles. The molecule has 1 aromatic rings. The maximum absolute atomic E-state index is 13.4. The van der Waals surface area contributed by atoms with Gasteiger partial charge in [0, 0.05) is 30.3 Å². The first-order valence-electron chi connectivity index (χ1n) is 12.0. The highest BCUT2D eigenvalue weighted by atomic mass is 33.1. The maximum atomic E-state index is 13.4. The molecule has 3 heterocycles. The van der Waals surface area contributed by atoms with Crippen LogP contribution in [-0.4, -0.2) is 76.4 Å². The first-order chi connectivity index (χ1) is 17.8. The fourth-order valence-electron chi connectivity index (χ4n) is 3.93. The Hall–Kier alpha value is -3.06. The largest absolute Gasteiger partial charge is 0.456 e. The van der Waals surface area contributed by atoms with Crippen molar-refractivity contribution >= 4 is 51.2 Å². The zero-order chi connectivity index (χ0) is 26.3. The fourth-order valence-corrected chi connectivity index (χ4v) is 6.09. The molecule has 1 aromatic heterocycles. The van der Waals surface area contributed by atoms with E-state index in [4.69, 9.17) is 4.74 Å². The van der Waals surface area contributed by atoms with Crippen LogP contribution in [0.25, 0.3) is 0 Å². The van der Waals surface area contributed by atoms with E-state index >= 15 is 0 Å². The lowest BCUT2D eigenvalue weighted by atomic mass is 10.1. The van der Waals surface area contributed by atoms with Gasteiger partial charge in [-0.15, -0.1) is 0 Å². The van der Waals surface area contributed by atoms with Gasteiger partial charge < -0.3 is 26.0 Å². The van der Waals surface area contributed by atoms with E-state index in [1.54, 1.807) is 30.6 Å². The molecule has 3 aliphatic rings. The van der Waals surface area contributed by atoms with Crippen molar-refractivity contribution in [1.29, 1.82) is 0 Å². The van der Waals surface area contributed by atoms with Gasteiger partial charge in [0.1, 0.15) is 30.3 Å². The highest BCUT2D eigenvalue weighted by molar-refractivity contribution is 8.76. The molecular weight excluding hydrogens is 518 g/mol. The molecule has 37 heavy (non-hydrogen) atoms. The lowest BCUT2D eigenvalue weighted by molar-refractivity contribution is -0.148. The minimum Gasteiger partial charge on any atom is -0.456 e. The Morgan fingerprint density at radius 2 is 1.92 bits per heavy atom. The summed E-state index contributed by atoms with van der Waals surface area (Å²) in [6, 6.07) is 1.58. The number of ether oxygens (including phenoxy) is 1. The average molecular weight is 548 g/mol. The summed E-state index contributed by atoms with van der Waals surface area (Å²) in [5, 5.41) is 10.8. The first kappa shape index (κ1) is 27.0. The van der Waals surface area contributed by atoms with Crippen LogP contribution in [0.5, 0.6) is 0 Å². The molecule has 198 valence electrons. The highest BCUT2D eigenvalue weighted by Crippen LogP contribution is 2.36. The predicted octanol–water partition coefficient (Wildman–Crippen LogP) is 0.0155. The third-order valence-electron chi connectivity index (χ3n) is 6.09. The Labute approximate surface area is 222 Å². The molecule has 0 radical (unpaired) electrons. The summed E-state index contributed by atoms with van der Waals surface area (Å²) < 4.78 is 5.46. The topological polar surface area (TPSA) is 156 Å². The first-order valence-corrected chi connectivity index (χ1v) is 14.5. The van der Waals surface area contributed by atoms with Crippen molar-refractivity contribution < 1.29 is 28.7 Å². The fraction of sp³-hybridized carbons (Fsp3) is 0.500. The summed E-state index contributed by atoms with van der Waals surface area (Å²) in [4.78, 5) is 68.9. The number of carbonyl (C=O) groups is 5. The second kappa shape index (κ2) is 12.5. The van der Waals surface area contributed by atoms with E-state index in [0.717, 1.165) is 5.56 Å². The molecule has 1 aliphatic carbocycles. The molecule has 2 fully saturated rings. The molecule has 1 saturated carbocycles. The van der Waals surface area contributed by atoms with Crippen LogP contribution in [0.2, 0.25) is 0 Å². The quantitative estimate of drug-likeness (QED) is 0.228. The van der Waals surface area contributed by atoms with Crippen LogP contribution in [0.15, 0.2) is 36.7 Å². The van der Waals surface area contributed by atoms with Gasteiger partial charge in [-0.25, -0.2) is 0 Å². The number of carbonyl (C=O) groups excluding carboxylic acids is 5. The lowest BCUT2D eigenvalue weighted by Crippen LogP contribution is -2.59. The van der Waals surface area contributed by atoms with Crippen molar-refractivity contribution in [2.24, 2.45) is 0 Å². The van der Waals surface area contributed by atoms with Crippen LogP contribution in [0, 0.1) is 0 Å². The number of nitrogens with zero attached hydrogens (tertiary/aromatic N) is 1. The van der Waals surface area contributed by atoms with Crippen LogP contribution in [0.3, 0.4) is 0 Å². The van der Waals surface area contributed by atoms with Gasteiger partial charge >= 0.3 is 5.97 Å². The number of rotatable bonds is 2. The Bertz CT molecular complexity index is 1060. The van der Waals surface area contributed by atoms with Crippen LogP contribution in [0.4, 0.5) is 0 Å². The van der Waals surface area contributed by atoms with Crippen molar-refractivity contribution in [2.75, 3.05) is 18.1 Å². The van der Waals surface area contributed by atoms with Gasteiger partial charge in [-0.05, 0) is 37.0 Å². The number of esters is 1. The van der Waals surface area contributed by atoms with Gasteiger partial charge in [-0.3, -0.25) is 29.0 Å². The molecule has 2 bridgehead atoms. The smallest absolute Gasteiger partial charge is 0.326 e. The van der Waals surface area contributed by atoms with Gasteiger partial charge in [0.25, 0.3) is 0 Å². The van der Waals surface area contributed by atoms with Crippen LogP contribution >= 0.6 is 21.6 Å². The van der Waals surface area contributed by atoms with E-state index in [2.05, 4.69) is 26.3 Å². The molecular formula is C24H29N5O6S2. The number of allylic oxidation sites excluding steroid dienone is 1. The van der Waals surface area contributed by atoms with Gasteiger partial charge in [0.2, 0.25) is 23.6 Å². The van der Waals surface area contributed by atoms with Crippen molar-refractivity contribution in [2.45, 2.75) is 55.8 Å². The lowest BCUT2D eigenvalue weighted by Gasteiger charge is -2.26. The van der Waals surface area contributed by atoms with Crippen LogP contribution in [-0.2, 0) is 35.1 Å². The van der Waals surface area contributed by atoms with Crippen molar-refractivity contribution in [3.63, 3.8) is 0 Å². The van der Waals surface area contributed by atoms with Crippen LogP contribution < -0.4 is 21.3 Å². The van der Waals surface area contributed by atoms with Crippen LogP contribution in [0.1, 0.15) is 31.2 Å². The molecule has 4 N–H and O–H groups in total. The molecule has 0 unspecified atom stereocenters. The predicted molar refractivity (Wildman–Crippen MR) is 138 cm³/mol. The Kier molecular flexibility index (Phi) is 9.09. The number of aromatic nitrogens is 1. The second-order valence-corrected chi connectivity index (χ2v) is 11.7. The van der Waals surface area contributed by atoms with Gasteiger partial charge in [-0.1, -0.05) is 33.7 Å². The minimum atomic E-state index is -1.12. The van der Waals surface area contributed by atoms with E-state index in [1.807, 2.05) is 6.08 Å². The van der Waals surface area contributed by atoms with E-state index in [1.165, 1.54) is 21.6 Å². The van der Waals surface area contributed by atoms with Crippen molar-refractivity contribution in [1.82, 2.24) is 26.3 Å². The summed E-state index contributed by atoms with van der Waals surface area (Å²) in [5.74, 6) is -1.75. The Morgan fingerprint density at radius 3 is 2.68 bits per heavy atom. The molecule has 2 aliphatic heterocycles. The number of fused-ring (bicyclic) bond motifs is 7. The number of amides is 4.